The highest BCUT2D eigenvalue weighted by molar-refractivity contribution is 8.01. The number of unbranched alkanes of at least 4 members (excludes halogenated alkanes) is 1. The summed E-state index contributed by atoms with van der Waals surface area (Å²) in [6, 6.07) is 5.81. The fourth-order valence-corrected chi connectivity index (χ4v) is 4.09. The molecule has 0 saturated heterocycles. The van der Waals surface area contributed by atoms with Crippen LogP contribution in [0.25, 0.3) is 11.0 Å². The molecule has 0 fully saturated rings. The molecule has 25 heavy (non-hydrogen) atoms. The van der Waals surface area contributed by atoms with E-state index >= 15 is 0 Å². The number of benzene rings is 1. The van der Waals surface area contributed by atoms with E-state index in [1.165, 1.54) is 17.4 Å². The number of aromatic nitrogens is 2. The first-order chi connectivity index (χ1) is 12.1. The second kappa shape index (κ2) is 7.99. The summed E-state index contributed by atoms with van der Waals surface area (Å²) in [6.07, 6.45) is 2.21. The summed E-state index contributed by atoms with van der Waals surface area (Å²) >= 11 is 8.76. The van der Waals surface area contributed by atoms with Crippen LogP contribution in [0.5, 0.6) is 0 Å². The molecular weight excluding hydrogens is 382 g/mol. The molecule has 2 aromatic heterocycles. The maximum absolute atomic E-state index is 12.3. The van der Waals surface area contributed by atoms with E-state index in [0.717, 1.165) is 29.0 Å². The second-order valence-electron chi connectivity index (χ2n) is 5.14. The molecule has 2 heterocycles. The number of nitrogens with zero attached hydrogens (tertiary/aromatic N) is 2. The van der Waals surface area contributed by atoms with Gasteiger partial charge in [0.25, 0.3) is 5.91 Å². The molecule has 0 unspecified atom stereocenters. The van der Waals surface area contributed by atoms with E-state index in [1.807, 2.05) is 0 Å². The maximum atomic E-state index is 12.3. The Balaban J connectivity index is 1.76. The first kappa shape index (κ1) is 17.9. The molecule has 130 valence electrons. The SMILES string of the molecule is CCCCSc1nnc(NC(=O)c2cc(=O)c3cc(Cl)ccc3o2)s1. The van der Waals surface area contributed by atoms with Gasteiger partial charge in [0.05, 0.1) is 5.39 Å². The van der Waals surface area contributed by atoms with Crippen molar-refractivity contribution in [3.05, 3.63) is 45.3 Å². The molecule has 0 aliphatic rings. The van der Waals surface area contributed by atoms with Gasteiger partial charge in [0.15, 0.2) is 15.5 Å². The van der Waals surface area contributed by atoms with Crippen molar-refractivity contribution in [2.75, 3.05) is 11.1 Å². The number of halogens is 1. The van der Waals surface area contributed by atoms with Crippen molar-refractivity contribution in [2.45, 2.75) is 24.1 Å². The molecule has 3 aromatic rings. The fraction of sp³-hybridized carbons (Fsp3) is 0.250. The lowest BCUT2D eigenvalue weighted by Crippen LogP contribution is -2.14. The van der Waals surface area contributed by atoms with Crippen LogP contribution >= 0.6 is 34.7 Å². The van der Waals surface area contributed by atoms with Crippen LogP contribution in [0.1, 0.15) is 30.3 Å². The number of amides is 1. The summed E-state index contributed by atoms with van der Waals surface area (Å²) in [6.45, 7) is 2.12. The van der Waals surface area contributed by atoms with E-state index in [2.05, 4.69) is 22.4 Å². The van der Waals surface area contributed by atoms with Crippen LogP contribution in [0, 0.1) is 0 Å². The van der Waals surface area contributed by atoms with E-state index in [4.69, 9.17) is 16.0 Å². The van der Waals surface area contributed by atoms with E-state index in [1.54, 1.807) is 23.9 Å². The van der Waals surface area contributed by atoms with Crippen LogP contribution in [-0.2, 0) is 0 Å². The lowest BCUT2D eigenvalue weighted by molar-refractivity contribution is 0.0997. The minimum Gasteiger partial charge on any atom is -0.451 e. The average molecular weight is 396 g/mol. The van der Waals surface area contributed by atoms with Gasteiger partial charge in [-0.1, -0.05) is 48.0 Å². The zero-order chi connectivity index (χ0) is 17.8. The van der Waals surface area contributed by atoms with Gasteiger partial charge >= 0.3 is 0 Å². The van der Waals surface area contributed by atoms with Crippen molar-refractivity contribution in [2.24, 2.45) is 0 Å². The number of hydrogen-bond acceptors (Lipinski definition) is 7. The summed E-state index contributed by atoms with van der Waals surface area (Å²) in [5.41, 5.74) is -0.0305. The van der Waals surface area contributed by atoms with Crippen LogP contribution in [0.3, 0.4) is 0 Å². The molecule has 1 N–H and O–H groups in total. The molecule has 9 heteroatoms. The Hall–Kier alpha value is -1.90. The number of fused-ring (bicyclic) bond motifs is 1. The zero-order valence-electron chi connectivity index (χ0n) is 13.2. The summed E-state index contributed by atoms with van der Waals surface area (Å²) in [4.78, 5) is 24.4. The largest absolute Gasteiger partial charge is 0.451 e. The van der Waals surface area contributed by atoms with E-state index in [0.29, 0.717) is 21.1 Å². The molecule has 0 saturated carbocycles. The fourth-order valence-electron chi connectivity index (χ4n) is 2.02. The Kier molecular flexibility index (Phi) is 5.72. The molecule has 0 aliphatic carbocycles. The molecular formula is C16H14ClN3O3S2. The third-order valence-electron chi connectivity index (χ3n) is 3.26. The maximum Gasteiger partial charge on any atom is 0.293 e. The standard InChI is InChI=1S/C16H14ClN3O3S2/c1-2-3-6-24-16-20-19-15(25-16)18-14(22)13-8-11(21)10-7-9(17)4-5-12(10)23-13/h4-5,7-8H,2-3,6H2,1H3,(H,18,19,22). The monoisotopic (exact) mass is 395 g/mol. The number of thioether (sulfide) groups is 1. The molecule has 0 spiro atoms. The normalized spacial score (nSPS) is 11.0. The molecule has 3 rings (SSSR count). The number of hydrogen-bond donors (Lipinski definition) is 1. The topological polar surface area (TPSA) is 85.1 Å². The van der Waals surface area contributed by atoms with Crippen LogP contribution in [0.4, 0.5) is 5.13 Å². The quantitative estimate of drug-likeness (QED) is 0.377. The van der Waals surface area contributed by atoms with Gasteiger partial charge in [-0.3, -0.25) is 14.9 Å². The van der Waals surface area contributed by atoms with Crippen LogP contribution in [-0.4, -0.2) is 21.9 Å². The molecule has 6 nitrogen and oxygen atoms in total. The van der Waals surface area contributed by atoms with Crippen LogP contribution < -0.4 is 10.7 Å². The van der Waals surface area contributed by atoms with E-state index < -0.39 is 5.91 Å². The number of carbonyl (C=O) groups excluding carboxylic acids is 1. The molecule has 1 aromatic carbocycles. The Morgan fingerprint density at radius 3 is 3.00 bits per heavy atom. The molecule has 0 aliphatic heterocycles. The third-order valence-corrected chi connectivity index (χ3v) is 5.56. The van der Waals surface area contributed by atoms with Crippen molar-refractivity contribution < 1.29 is 9.21 Å². The van der Waals surface area contributed by atoms with Gasteiger partial charge in [0, 0.05) is 16.8 Å². The first-order valence-electron chi connectivity index (χ1n) is 7.58. The summed E-state index contributed by atoms with van der Waals surface area (Å²) in [5.74, 6) is 0.326. The van der Waals surface area contributed by atoms with Gasteiger partial charge in [0.2, 0.25) is 5.13 Å². The lowest BCUT2D eigenvalue weighted by Gasteiger charge is -2.02. The number of carbonyl (C=O) groups is 1. The van der Waals surface area contributed by atoms with Gasteiger partial charge in [0.1, 0.15) is 5.58 Å². The van der Waals surface area contributed by atoms with Crippen molar-refractivity contribution in [1.29, 1.82) is 0 Å². The highest BCUT2D eigenvalue weighted by Crippen LogP contribution is 2.26. The molecule has 1 amide bonds. The van der Waals surface area contributed by atoms with Crippen molar-refractivity contribution in [3.8, 4) is 0 Å². The van der Waals surface area contributed by atoms with Crippen LogP contribution in [0.15, 0.2) is 37.8 Å². The Morgan fingerprint density at radius 2 is 2.20 bits per heavy atom. The van der Waals surface area contributed by atoms with Gasteiger partial charge in [-0.25, -0.2) is 0 Å². The summed E-state index contributed by atoms with van der Waals surface area (Å²) in [5, 5.41) is 11.7. The first-order valence-corrected chi connectivity index (χ1v) is 9.76. The predicted molar refractivity (Wildman–Crippen MR) is 101 cm³/mol. The van der Waals surface area contributed by atoms with Crippen molar-refractivity contribution in [1.82, 2.24) is 10.2 Å². The lowest BCUT2D eigenvalue weighted by atomic mass is 10.2. The number of nitrogens with one attached hydrogen (secondary N) is 1. The molecule has 0 bridgehead atoms. The summed E-state index contributed by atoms with van der Waals surface area (Å²) < 4.78 is 6.29. The number of rotatable bonds is 6. The van der Waals surface area contributed by atoms with Crippen LogP contribution in [0.2, 0.25) is 5.02 Å². The third kappa shape index (κ3) is 4.39. The minimum atomic E-state index is -0.546. The van der Waals surface area contributed by atoms with Crippen molar-refractivity contribution >= 4 is 56.7 Å². The van der Waals surface area contributed by atoms with E-state index in [-0.39, 0.29) is 11.2 Å². The predicted octanol–water partition coefficient (Wildman–Crippen LogP) is 4.44. The Bertz CT molecular complexity index is 971. The highest BCUT2D eigenvalue weighted by Gasteiger charge is 2.15. The Morgan fingerprint density at radius 1 is 1.36 bits per heavy atom. The van der Waals surface area contributed by atoms with Gasteiger partial charge in [-0.15, -0.1) is 10.2 Å². The summed E-state index contributed by atoms with van der Waals surface area (Å²) in [7, 11) is 0. The highest BCUT2D eigenvalue weighted by atomic mass is 35.5. The smallest absolute Gasteiger partial charge is 0.293 e. The minimum absolute atomic E-state index is 0.0878. The average Bonchev–Trinajstić information content (AvgIpc) is 3.03. The molecule has 0 radical (unpaired) electrons. The van der Waals surface area contributed by atoms with Gasteiger partial charge in [-0.2, -0.15) is 0 Å². The Labute approximate surface area is 156 Å². The van der Waals surface area contributed by atoms with E-state index in [9.17, 15) is 9.59 Å². The van der Waals surface area contributed by atoms with Crippen molar-refractivity contribution in [3.63, 3.8) is 0 Å². The number of anilines is 1. The molecule has 0 atom stereocenters. The van der Waals surface area contributed by atoms with Gasteiger partial charge in [-0.05, 0) is 24.6 Å². The van der Waals surface area contributed by atoms with Gasteiger partial charge < -0.3 is 4.42 Å². The zero-order valence-corrected chi connectivity index (χ0v) is 15.6. The second-order valence-corrected chi connectivity index (χ2v) is 7.90.